The minimum Gasteiger partial charge on any atom is -0.497 e. The molecule has 30 heavy (non-hydrogen) atoms. The van der Waals surface area contributed by atoms with E-state index in [1.165, 1.54) is 0 Å². The van der Waals surface area contributed by atoms with Gasteiger partial charge in [0.1, 0.15) is 24.7 Å². The fourth-order valence-corrected chi connectivity index (χ4v) is 3.57. The van der Waals surface area contributed by atoms with Crippen molar-refractivity contribution in [1.82, 2.24) is 0 Å². The molecule has 2 atom stereocenters. The van der Waals surface area contributed by atoms with Crippen LogP contribution in [-0.4, -0.2) is 31.2 Å². The van der Waals surface area contributed by atoms with Gasteiger partial charge in [0, 0.05) is 0 Å². The molecule has 0 aromatic heterocycles. The molecule has 0 amide bonds. The van der Waals surface area contributed by atoms with Gasteiger partial charge in [0.15, 0.2) is 23.4 Å². The van der Waals surface area contributed by atoms with Crippen LogP contribution < -0.4 is 9.47 Å². The summed E-state index contributed by atoms with van der Waals surface area (Å²) in [6, 6.07) is 15.0. The predicted molar refractivity (Wildman–Crippen MR) is 110 cm³/mol. The van der Waals surface area contributed by atoms with E-state index in [0.717, 1.165) is 22.6 Å². The Morgan fingerprint density at radius 1 is 0.900 bits per heavy atom. The Morgan fingerprint density at radius 3 is 1.93 bits per heavy atom. The first-order valence-corrected chi connectivity index (χ1v) is 9.72. The molecule has 0 bridgehead atoms. The van der Waals surface area contributed by atoms with E-state index in [2.05, 4.69) is 0 Å². The second kappa shape index (κ2) is 8.05. The zero-order valence-corrected chi connectivity index (χ0v) is 17.3. The van der Waals surface area contributed by atoms with Crippen molar-refractivity contribution in [2.75, 3.05) is 14.2 Å². The van der Waals surface area contributed by atoms with E-state index in [4.69, 9.17) is 35.3 Å². The maximum absolute atomic E-state index is 11.6. The van der Waals surface area contributed by atoms with Crippen LogP contribution in [0.5, 0.6) is 11.5 Å². The number of epoxide rings is 1. The van der Waals surface area contributed by atoms with Gasteiger partial charge in [0.05, 0.1) is 14.2 Å². The molecule has 1 saturated heterocycles. The smallest absolute Gasteiger partial charge is 0.244 e. The van der Waals surface area contributed by atoms with E-state index in [0.29, 0.717) is 18.7 Å². The van der Waals surface area contributed by atoms with E-state index >= 15 is 0 Å². The topological polar surface area (TPSA) is 66.5 Å². The van der Waals surface area contributed by atoms with Crippen LogP contribution in [-0.2, 0) is 32.2 Å². The number of hydrogen-bond acceptors (Lipinski definition) is 6. The van der Waals surface area contributed by atoms with Crippen molar-refractivity contribution in [3.63, 3.8) is 0 Å². The molecule has 2 aliphatic rings. The van der Waals surface area contributed by atoms with Gasteiger partial charge in [-0.1, -0.05) is 35.9 Å². The van der Waals surface area contributed by atoms with E-state index < -0.39 is 10.7 Å². The summed E-state index contributed by atoms with van der Waals surface area (Å²) in [5.41, 5.74) is 0.625. The number of hydrogen-bond donors (Lipinski definition) is 0. The zero-order valence-electron chi connectivity index (χ0n) is 16.6. The Morgan fingerprint density at radius 2 is 1.43 bits per heavy atom. The largest absolute Gasteiger partial charge is 0.497 e. The second-order valence-corrected chi connectivity index (χ2v) is 7.44. The van der Waals surface area contributed by atoms with Crippen molar-refractivity contribution in [2.24, 2.45) is 0 Å². The summed E-state index contributed by atoms with van der Waals surface area (Å²) >= 11 is 6.59. The Hall–Kier alpha value is -2.96. The van der Waals surface area contributed by atoms with Crippen molar-refractivity contribution in [3.05, 3.63) is 83.3 Å². The minimum atomic E-state index is -1.40. The molecule has 156 valence electrons. The summed E-state index contributed by atoms with van der Waals surface area (Å²) in [6.07, 6.45) is 3.93. The summed E-state index contributed by atoms with van der Waals surface area (Å²) in [5, 5.41) is -1.40. The lowest BCUT2D eigenvalue weighted by molar-refractivity contribution is -0.110. The predicted octanol–water partition coefficient (Wildman–Crippen LogP) is 4.12. The summed E-state index contributed by atoms with van der Waals surface area (Å²) in [5.74, 6) is 2.22. The third kappa shape index (κ3) is 3.64. The first-order chi connectivity index (χ1) is 14.5. The minimum absolute atomic E-state index is 0.231. The van der Waals surface area contributed by atoms with E-state index in [9.17, 15) is 4.79 Å². The van der Waals surface area contributed by atoms with Gasteiger partial charge < -0.3 is 23.7 Å². The van der Waals surface area contributed by atoms with Gasteiger partial charge >= 0.3 is 0 Å². The van der Waals surface area contributed by atoms with Crippen molar-refractivity contribution < 1.29 is 28.5 Å². The number of methoxy groups -OCH3 is 2. The maximum atomic E-state index is 11.6. The Kier molecular flexibility index (Phi) is 5.45. The van der Waals surface area contributed by atoms with Crippen LogP contribution in [0.1, 0.15) is 11.1 Å². The number of benzene rings is 2. The van der Waals surface area contributed by atoms with Gasteiger partial charge in [-0.25, -0.2) is 0 Å². The van der Waals surface area contributed by atoms with Crippen LogP contribution in [0.3, 0.4) is 0 Å². The molecule has 2 aromatic carbocycles. The average Bonchev–Trinajstić information content (AvgIpc) is 3.43. The number of rotatable bonds is 9. The Balaban J connectivity index is 1.52. The number of carbonyl (C=O) groups is 1. The zero-order chi connectivity index (χ0) is 21.2. The lowest BCUT2D eigenvalue weighted by Gasteiger charge is -2.21. The van der Waals surface area contributed by atoms with Crippen LogP contribution in [0.2, 0.25) is 0 Å². The molecule has 1 aliphatic heterocycles. The quantitative estimate of drug-likeness (QED) is 0.340. The number of carbonyl (C=O) groups excluding carboxylic acids is 1. The number of halogens is 1. The third-order valence-corrected chi connectivity index (χ3v) is 5.58. The van der Waals surface area contributed by atoms with Crippen LogP contribution in [0, 0.1) is 0 Å². The highest BCUT2D eigenvalue weighted by atomic mass is 35.5. The molecule has 0 N–H and O–H groups in total. The fourth-order valence-electron chi connectivity index (χ4n) is 3.18. The Bertz CT molecular complexity index is 982. The highest BCUT2D eigenvalue weighted by molar-refractivity contribution is 6.30. The SMILES string of the molecule is COc1ccc(COC2=C(OCc3ccc(OC)cc3)C3(Cl)OC3(C=O)C=C2)cc1. The van der Waals surface area contributed by atoms with Gasteiger partial charge in [-0.3, -0.25) is 4.79 Å². The summed E-state index contributed by atoms with van der Waals surface area (Å²) in [7, 11) is 3.22. The van der Waals surface area contributed by atoms with Crippen LogP contribution in [0.15, 0.2) is 72.2 Å². The number of allylic oxidation sites excluding steroid dienone is 1. The van der Waals surface area contributed by atoms with Crippen LogP contribution in [0.4, 0.5) is 0 Å². The lowest BCUT2D eigenvalue weighted by atomic mass is 9.99. The van der Waals surface area contributed by atoms with Crippen molar-refractivity contribution >= 4 is 17.9 Å². The number of fused-ring (bicyclic) bond motifs is 1. The molecule has 2 unspecified atom stereocenters. The van der Waals surface area contributed by atoms with E-state index in [1.54, 1.807) is 26.4 Å². The summed E-state index contributed by atoms with van der Waals surface area (Å²) < 4.78 is 27.9. The highest BCUT2D eigenvalue weighted by Crippen LogP contribution is 2.59. The van der Waals surface area contributed by atoms with Gasteiger partial charge in [-0.2, -0.15) is 0 Å². The first kappa shape index (κ1) is 20.3. The van der Waals surface area contributed by atoms with Gasteiger partial charge in [0.25, 0.3) is 0 Å². The molecule has 2 aromatic rings. The van der Waals surface area contributed by atoms with Gasteiger partial charge in [-0.15, -0.1) is 0 Å². The third-order valence-electron chi connectivity index (χ3n) is 5.04. The fraction of sp³-hybridized carbons (Fsp3) is 0.261. The first-order valence-electron chi connectivity index (χ1n) is 9.34. The number of aldehydes is 1. The van der Waals surface area contributed by atoms with Gasteiger partial charge in [-0.05, 0) is 47.5 Å². The number of alkyl halides is 1. The molecule has 1 fully saturated rings. The van der Waals surface area contributed by atoms with E-state index in [-0.39, 0.29) is 12.4 Å². The lowest BCUT2D eigenvalue weighted by Crippen LogP contribution is -2.28. The molecule has 7 heteroatoms. The summed E-state index contributed by atoms with van der Waals surface area (Å²) in [4.78, 5) is 11.6. The molecule has 0 saturated carbocycles. The monoisotopic (exact) mass is 428 g/mol. The number of ether oxygens (including phenoxy) is 5. The van der Waals surface area contributed by atoms with Crippen LogP contribution >= 0.6 is 11.6 Å². The van der Waals surface area contributed by atoms with Crippen molar-refractivity contribution in [3.8, 4) is 11.5 Å². The second-order valence-electron chi connectivity index (χ2n) is 6.91. The molecular formula is C23H21ClO6. The normalized spacial score (nSPS) is 24.1. The summed E-state index contributed by atoms with van der Waals surface area (Å²) in [6.45, 7) is 0.523. The molecule has 1 aliphatic carbocycles. The maximum Gasteiger partial charge on any atom is 0.244 e. The van der Waals surface area contributed by atoms with Crippen LogP contribution in [0.25, 0.3) is 0 Å². The van der Waals surface area contributed by atoms with Gasteiger partial charge in [0.2, 0.25) is 5.06 Å². The standard InChI is InChI=1S/C23H21ClO6/c1-26-18-7-3-16(4-8-18)13-28-20-11-12-22(15-25)23(24,30-22)21(20)29-14-17-5-9-19(27-2)10-6-17/h3-12,15H,13-14H2,1-2H3. The molecule has 0 radical (unpaired) electrons. The molecule has 1 heterocycles. The molecule has 6 nitrogen and oxygen atoms in total. The Labute approximate surface area is 179 Å². The molecular weight excluding hydrogens is 408 g/mol. The molecule has 0 spiro atoms. The molecule has 4 rings (SSSR count). The highest BCUT2D eigenvalue weighted by Gasteiger charge is 2.74. The van der Waals surface area contributed by atoms with Crippen molar-refractivity contribution in [1.29, 1.82) is 0 Å². The average molecular weight is 429 g/mol. The van der Waals surface area contributed by atoms with Crippen molar-refractivity contribution in [2.45, 2.75) is 23.9 Å². The van der Waals surface area contributed by atoms with E-state index in [1.807, 2.05) is 48.5 Å².